The maximum atomic E-state index is 11.5. The molecule has 1 saturated heterocycles. The van der Waals surface area contributed by atoms with Crippen LogP contribution in [0.3, 0.4) is 0 Å². The summed E-state index contributed by atoms with van der Waals surface area (Å²) in [6.45, 7) is 3.64. The molecule has 116 valence electrons. The van der Waals surface area contributed by atoms with E-state index in [2.05, 4.69) is 15.9 Å². The van der Waals surface area contributed by atoms with E-state index in [1.165, 1.54) is 0 Å². The monoisotopic (exact) mass is 375 g/mol. The second kappa shape index (κ2) is 6.99. The largest absolute Gasteiger partial charge is 0.491 e. The van der Waals surface area contributed by atoms with Crippen LogP contribution in [0.15, 0.2) is 22.7 Å². The molecule has 4 nitrogen and oxygen atoms in total. The first-order valence-corrected chi connectivity index (χ1v) is 8.17. The Balaban J connectivity index is 1.94. The topological polar surface area (TPSA) is 49.8 Å². The molecule has 0 radical (unpaired) electrons. The molecule has 0 spiro atoms. The number of aliphatic carboxylic acids is 1. The zero-order chi connectivity index (χ0) is 15.5. The third-order valence-corrected chi connectivity index (χ3v) is 4.87. The molecule has 1 N–H and O–H groups in total. The molecular formula is C15H19BrClNO3. The molecule has 0 saturated carbocycles. The summed E-state index contributed by atoms with van der Waals surface area (Å²) in [6.07, 6.45) is 2.68. The van der Waals surface area contributed by atoms with Crippen molar-refractivity contribution in [3.05, 3.63) is 27.7 Å². The van der Waals surface area contributed by atoms with Gasteiger partial charge in [0.25, 0.3) is 0 Å². The highest BCUT2D eigenvalue weighted by atomic mass is 79.9. The fourth-order valence-corrected chi connectivity index (χ4v) is 3.43. The molecule has 0 amide bonds. The van der Waals surface area contributed by atoms with E-state index >= 15 is 0 Å². The zero-order valence-corrected chi connectivity index (χ0v) is 14.3. The van der Waals surface area contributed by atoms with Crippen molar-refractivity contribution < 1.29 is 14.6 Å². The van der Waals surface area contributed by atoms with Crippen molar-refractivity contribution in [3.63, 3.8) is 0 Å². The van der Waals surface area contributed by atoms with Gasteiger partial charge in [0.1, 0.15) is 17.9 Å². The lowest BCUT2D eigenvalue weighted by molar-refractivity contribution is -0.153. The van der Waals surface area contributed by atoms with Crippen LogP contribution in [-0.4, -0.2) is 41.2 Å². The third kappa shape index (κ3) is 3.90. The molecule has 1 atom stereocenters. The number of hydrogen-bond acceptors (Lipinski definition) is 3. The summed E-state index contributed by atoms with van der Waals surface area (Å²) in [7, 11) is 0. The van der Waals surface area contributed by atoms with E-state index in [4.69, 9.17) is 16.3 Å². The number of rotatable bonds is 5. The Hall–Kier alpha value is -0.780. The molecule has 21 heavy (non-hydrogen) atoms. The highest BCUT2D eigenvalue weighted by molar-refractivity contribution is 9.10. The van der Waals surface area contributed by atoms with E-state index in [9.17, 15) is 9.90 Å². The molecule has 1 aliphatic rings. The first-order valence-electron chi connectivity index (χ1n) is 7.00. The highest BCUT2D eigenvalue weighted by Crippen LogP contribution is 2.30. The number of carboxylic acid groups (broad SMARTS) is 1. The minimum absolute atomic E-state index is 0.448. The van der Waals surface area contributed by atoms with Crippen LogP contribution in [0.4, 0.5) is 0 Å². The van der Waals surface area contributed by atoms with Gasteiger partial charge in [0, 0.05) is 11.6 Å². The van der Waals surface area contributed by atoms with E-state index < -0.39 is 11.5 Å². The normalized spacial score (nSPS) is 23.0. The summed E-state index contributed by atoms with van der Waals surface area (Å²) in [5.41, 5.74) is -0.779. The molecule has 6 heteroatoms. The molecular weight excluding hydrogens is 358 g/mol. The maximum absolute atomic E-state index is 11.5. The number of piperidine rings is 1. The van der Waals surface area contributed by atoms with Crippen LogP contribution in [0.25, 0.3) is 0 Å². The summed E-state index contributed by atoms with van der Waals surface area (Å²) < 4.78 is 6.53. The Kier molecular flexibility index (Phi) is 5.52. The van der Waals surface area contributed by atoms with Crippen LogP contribution in [0.2, 0.25) is 5.02 Å². The van der Waals surface area contributed by atoms with Crippen LogP contribution in [0, 0.1) is 0 Å². The number of hydrogen-bond donors (Lipinski definition) is 1. The van der Waals surface area contributed by atoms with Gasteiger partial charge in [0.2, 0.25) is 0 Å². The molecule has 1 heterocycles. The van der Waals surface area contributed by atoms with E-state index in [-0.39, 0.29) is 0 Å². The summed E-state index contributed by atoms with van der Waals surface area (Å²) in [5, 5.41) is 10.1. The van der Waals surface area contributed by atoms with Crippen molar-refractivity contribution in [2.45, 2.75) is 31.7 Å². The first-order chi connectivity index (χ1) is 9.93. The molecule has 1 unspecified atom stereocenters. The Morgan fingerprint density at radius 2 is 2.29 bits per heavy atom. The van der Waals surface area contributed by atoms with Crippen molar-refractivity contribution in [2.75, 3.05) is 19.7 Å². The van der Waals surface area contributed by atoms with Crippen molar-refractivity contribution in [1.82, 2.24) is 4.90 Å². The maximum Gasteiger partial charge on any atom is 0.323 e. The van der Waals surface area contributed by atoms with Crippen molar-refractivity contribution in [3.8, 4) is 5.75 Å². The average Bonchev–Trinajstić information content (AvgIpc) is 2.43. The van der Waals surface area contributed by atoms with Crippen LogP contribution < -0.4 is 4.74 Å². The number of carbonyl (C=O) groups is 1. The SMILES string of the molecule is CC1(C(=O)O)CCCCN1CCOc1ccc(Cl)cc1Br. The lowest BCUT2D eigenvalue weighted by Gasteiger charge is -2.41. The number of likely N-dealkylation sites (tertiary alicyclic amines) is 1. The van der Waals surface area contributed by atoms with E-state index in [0.29, 0.717) is 30.3 Å². The van der Waals surface area contributed by atoms with Gasteiger partial charge < -0.3 is 9.84 Å². The van der Waals surface area contributed by atoms with Gasteiger partial charge >= 0.3 is 5.97 Å². The summed E-state index contributed by atoms with van der Waals surface area (Å²) in [5.74, 6) is -0.0386. The van der Waals surface area contributed by atoms with Crippen LogP contribution in [0.1, 0.15) is 26.2 Å². The molecule has 1 fully saturated rings. The second-order valence-electron chi connectivity index (χ2n) is 5.45. The average molecular weight is 377 g/mol. The lowest BCUT2D eigenvalue weighted by atomic mass is 9.88. The number of benzene rings is 1. The molecule has 1 aromatic carbocycles. The molecule has 1 aliphatic heterocycles. The smallest absolute Gasteiger partial charge is 0.323 e. The van der Waals surface area contributed by atoms with Crippen LogP contribution in [-0.2, 0) is 4.79 Å². The van der Waals surface area contributed by atoms with Gasteiger partial charge in [-0.2, -0.15) is 0 Å². The van der Waals surface area contributed by atoms with E-state index in [1.807, 2.05) is 4.90 Å². The van der Waals surface area contributed by atoms with Crippen LogP contribution >= 0.6 is 27.5 Å². The number of nitrogens with zero attached hydrogens (tertiary/aromatic N) is 1. The predicted octanol–water partition coefficient (Wildman–Crippen LogP) is 3.81. The summed E-state index contributed by atoms with van der Waals surface area (Å²) >= 11 is 9.29. The fourth-order valence-electron chi connectivity index (χ4n) is 2.64. The fraction of sp³-hybridized carbons (Fsp3) is 0.533. The van der Waals surface area contributed by atoms with Gasteiger partial charge in [0.15, 0.2) is 0 Å². The third-order valence-electron chi connectivity index (χ3n) is 4.01. The quantitative estimate of drug-likeness (QED) is 0.849. The Morgan fingerprint density at radius 3 is 2.95 bits per heavy atom. The zero-order valence-electron chi connectivity index (χ0n) is 11.9. The van der Waals surface area contributed by atoms with Crippen LogP contribution in [0.5, 0.6) is 5.75 Å². The van der Waals surface area contributed by atoms with Gasteiger partial charge in [0.05, 0.1) is 4.47 Å². The minimum atomic E-state index is -0.779. The van der Waals surface area contributed by atoms with Crippen molar-refractivity contribution in [2.24, 2.45) is 0 Å². The molecule has 0 aliphatic carbocycles. The number of halogens is 2. The number of ether oxygens (including phenoxy) is 1. The van der Waals surface area contributed by atoms with Crippen molar-refractivity contribution in [1.29, 1.82) is 0 Å². The predicted molar refractivity (Wildman–Crippen MR) is 86.1 cm³/mol. The molecule has 0 aromatic heterocycles. The second-order valence-corrected chi connectivity index (χ2v) is 6.74. The molecule has 2 rings (SSSR count). The van der Waals surface area contributed by atoms with Gasteiger partial charge in [-0.15, -0.1) is 0 Å². The van der Waals surface area contributed by atoms with E-state index in [1.54, 1.807) is 25.1 Å². The standard InChI is InChI=1S/C15H19BrClNO3/c1-15(14(19)20)6-2-3-7-18(15)8-9-21-13-5-4-11(17)10-12(13)16/h4-5,10H,2-3,6-9H2,1H3,(H,19,20). The minimum Gasteiger partial charge on any atom is -0.491 e. The Bertz CT molecular complexity index is 526. The van der Waals surface area contributed by atoms with Gasteiger partial charge in [-0.25, -0.2) is 0 Å². The van der Waals surface area contributed by atoms with Gasteiger partial charge in [-0.3, -0.25) is 9.69 Å². The van der Waals surface area contributed by atoms with Gasteiger partial charge in [-0.05, 0) is 66.9 Å². The molecule has 0 bridgehead atoms. The first kappa shape index (κ1) is 16.6. The van der Waals surface area contributed by atoms with E-state index in [0.717, 1.165) is 23.9 Å². The Labute approximate surface area is 138 Å². The number of carboxylic acids is 1. The lowest BCUT2D eigenvalue weighted by Crippen LogP contribution is -2.56. The van der Waals surface area contributed by atoms with Crippen molar-refractivity contribution >= 4 is 33.5 Å². The highest BCUT2D eigenvalue weighted by Gasteiger charge is 2.40. The summed E-state index contributed by atoms with van der Waals surface area (Å²) in [6, 6.07) is 5.35. The molecule has 1 aromatic rings. The Morgan fingerprint density at radius 1 is 1.52 bits per heavy atom. The summed E-state index contributed by atoms with van der Waals surface area (Å²) in [4.78, 5) is 13.5. The van der Waals surface area contributed by atoms with Gasteiger partial charge in [-0.1, -0.05) is 11.6 Å².